The van der Waals surface area contributed by atoms with Crippen molar-refractivity contribution in [2.75, 3.05) is 5.32 Å². The first-order valence-electron chi connectivity index (χ1n) is 8.71. The summed E-state index contributed by atoms with van der Waals surface area (Å²) >= 11 is 0. The highest BCUT2D eigenvalue weighted by molar-refractivity contribution is 5.64. The van der Waals surface area contributed by atoms with E-state index >= 15 is 0 Å². The quantitative estimate of drug-likeness (QED) is 0.650. The van der Waals surface area contributed by atoms with E-state index in [9.17, 15) is 13.2 Å². The number of halogens is 3. The van der Waals surface area contributed by atoms with Gasteiger partial charge in [0.25, 0.3) is 0 Å². The predicted molar refractivity (Wildman–Crippen MR) is 93.6 cm³/mol. The molecular formula is C21H20F3N. The first-order valence-corrected chi connectivity index (χ1v) is 8.71. The zero-order chi connectivity index (χ0) is 17.6. The molecule has 1 aliphatic carbocycles. The molecule has 0 spiro atoms. The Hall–Kier alpha value is -2.23. The van der Waals surface area contributed by atoms with E-state index in [0.29, 0.717) is 5.56 Å². The second kappa shape index (κ2) is 5.94. The highest BCUT2D eigenvalue weighted by atomic mass is 19.4. The Kier molecular flexibility index (Phi) is 3.86. The Balaban J connectivity index is 1.85. The number of benzene rings is 2. The molecule has 0 radical (unpaired) electrons. The normalized spacial score (nSPS) is 24.6. The monoisotopic (exact) mass is 343 g/mol. The van der Waals surface area contributed by atoms with Gasteiger partial charge < -0.3 is 5.32 Å². The third kappa shape index (κ3) is 2.64. The van der Waals surface area contributed by atoms with Crippen molar-refractivity contribution in [3.8, 4) is 0 Å². The predicted octanol–water partition coefficient (Wildman–Crippen LogP) is 6.09. The molecule has 25 heavy (non-hydrogen) atoms. The molecule has 1 heterocycles. The van der Waals surface area contributed by atoms with Crippen molar-refractivity contribution >= 4 is 5.69 Å². The van der Waals surface area contributed by atoms with E-state index < -0.39 is 11.7 Å². The molecule has 4 rings (SSSR count). The van der Waals surface area contributed by atoms with Crippen LogP contribution < -0.4 is 5.32 Å². The van der Waals surface area contributed by atoms with E-state index in [0.717, 1.165) is 24.1 Å². The van der Waals surface area contributed by atoms with Crippen LogP contribution in [0.3, 0.4) is 0 Å². The zero-order valence-electron chi connectivity index (χ0n) is 14.0. The first kappa shape index (κ1) is 16.2. The van der Waals surface area contributed by atoms with Gasteiger partial charge in [-0.2, -0.15) is 13.2 Å². The third-order valence-electron chi connectivity index (χ3n) is 5.47. The number of nitrogens with one attached hydrogen (secondary N) is 1. The Morgan fingerprint density at radius 3 is 2.56 bits per heavy atom. The number of aryl methyl sites for hydroxylation is 1. The van der Waals surface area contributed by atoms with E-state index in [-0.39, 0.29) is 17.9 Å². The fourth-order valence-corrected chi connectivity index (χ4v) is 4.32. The molecule has 0 aromatic heterocycles. The van der Waals surface area contributed by atoms with Crippen LogP contribution in [0.4, 0.5) is 18.9 Å². The van der Waals surface area contributed by atoms with Crippen LogP contribution in [-0.2, 0) is 12.6 Å². The van der Waals surface area contributed by atoms with Gasteiger partial charge in [0.15, 0.2) is 0 Å². The van der Waals surface area contributed by atoms with Gasteiger partial charge in [0.1, 0.15) is 0 Å². The SMILES string of the molecule is CCc1cccc2c1N[C@H](c1ccccc1C(F)(F)F)[C@H]1CC=C[C@H]21. The topological polar surface area (TPSA) is 12.0 Å². The number of hydrogen-bond acceptors (Lipinski definition) is 1. The van der Waals surface area contributed by atoms with E-state index in [1.54, 1.807) is 12.1 Å². The number of fused-ring (bicyclic) bond motifs is 3. The van der Waals surface area contributed by atoms with Gasteiger partial charge in [-0.15, -0.1) is 0 Å². The maximum atomic E-state index is 13.5. The standard InChI is InChI=1S/C21H20F3N/c1-2-13-7-5-10-15-14-9-6-11-16(14)20(25-19(13)15)17-8-3-4-12-18(17)21(22,23)24/h3-10,12,14,16,20,25H,2,11H2,1H3/t14-,16+,20+/m1/s1. The molecule has 130 valence electrons. The summed E-state index contributed by atoms with van der Waals surface area (Å²) in [6.07, 6.45) is 1.57. The fraction of sp³-hybridized carbons (Fsp3) is 0.333. The fourth-order valence-electron chi connectivity index (χ4n) is 4.32. The van der Waals surface area contributed by atoms with Crippen LogP contribution in [0.15, 0.2) is 54.6 Å². The van der Waals surface area contributed by atoms with Crippen molar-refractivity contribution in [1.29, 1.82) is 0 Å². The minimum Gasteiger partial charge on any atom is -0.377 e. The number of alkyl halides is 3. The summed E-state index contributed by atoms with van der Waals surface area (Å²) in [6.45, 7) is 2.08. The van der Waals surface area contributed by atoms with Gasteiger partial charge in [0.2, 0.25) is 0 Å². The minimum absolute atomic E-state index is 0.114. The molecule has 1 aliphatic heterocycles. The second-order valence-corrected chi connectivity index (χ2v) is 6.80. The van der Waals surface area contributed by atoms with E-state index in [1.165, 1.54) is 17.7 Å². The van der Waals surface area contributed by atoms with Gasteiger partial charge in [-0.25, -0.2) is 0 Å². The van der Waals surface area contributed by atoms with Crippen LogP contribution in [-0.4, -0.2) is 0 Å². The van der Waals surface area contributed by atoms with Gasteiger partial charge >= 0.3 is 6.18 Å². The molecule has 1 nitrogen and oxygen atoms in total. The molecule has 3 atom stereocenters. The Bertz CT molecular complexity index is 822. The van der Waals surface area contributed by atoms with E-state index in [1.807, 2.05) is 6.07 Å². The number of hydrogen-bond donors (Lipinski definition) is 1. The van der Waals surface area contributed by atoms with Gasteiger partial charge in [0, 0.05) is 11.6 Å². The molecule has 2 aromatic carbocycles. The lowest BCUT2D eigenvalue weighted by Crippen LogP contribution is -2.31. The average Bonchev–Trinajstić information content (AvgIpc) is 3.09. The molecule has 2 aliphatic rings. The van der Waals surface area contributed by atoms with Crippen molar-refractivity contribution in [3.05, 3.63) is 76.9 Å². The van der Waals surface area contributed by atoms with Crippen LogP contribution in [0.5, 0.6) is 0 Å². The molecule has 1 N–H and O–H groups in total. The maximum Gasteiger partial charge on any atom is 0.416 e. The molecule has 2 aromatic rings. The zero-order valence-corrected chi connectivity index (χ0v) is 14.0. The largest absolute Gasteiger partial charge is 0.416 e. The summed E-state index contributed by atoms with van der Waals surface area (Å²) in [7, 11) is 0. The molecule has 0 bridgehead atoms. The smallest absolute Gasteiger partial charge is 0.377 e. The maximum absolute atomic E-state index is 13.5. The summed E-state index contributed by atoms with van der Waals surface area (Å²) in [5.74, 6) is 0.289. The first-order chi connectivity index (χ1) is 12.0. The number of para-hydroxylation sites is 1. The lowest BCUT2D eigenvalue weighted by molar-refractivity contribution is -0.138. The summed E-state index contributed by atoms with van der Waals surface area (Å²) in [4.78, 5) is 0. The van der Waals surface area contributed by atoms with Crippen molar-refractivity contribution in [2.45, 2.75) is 37.9 Å². The van der Waals surface area contributed by atoms with Gasteiger partial charge in [-0.05, 0) is 41.5 Å². The van der Waals surface area contributed by atoms with Crippen LogP contribution >= 0.6 is 0 Å². The Morgan fingerprint density at radius 2 is 1.80 bits per heavy atom. The molecule has 0 fully saturated rings. The lowest BCUT2D eigenvalue weighted by Gasteiger charge is -2.39. The Labute approximate surface area is 145 Å². The summed E-state index contributed by atoms with van der Waals surface area (Å²) in [5.41, 5.74) is 3.20. The van der Waals surface area contributed by atoms with Crippen molar-refractivity contribution in [2.24, 2.45) is 5.92 Å². The van der Waals surface area contributed by atoms with Gasteiger partial charge in [-0.1, -0.05) is 55.5 Å². The van der Waals surface area contributed by atoms with E-state index in [2.05, 4.69) is 36.5 Å². The second-order valence-electron chi connectivity index (χ2n) is 6.80. The van der Waals surface area contributed by atoms with Crippen molar-refractivity contribution in [1.82, 2.24) is 0 Å². The lowest BCUT2D eigenvalue weighted by atomic mass is 9.75. The third-order valence-corrected chi connectivity index (χ3v) is 5.47. The highest BCUT2D eigenvalue weighted by Gasteiger charge is 2.42. The molecule has 0 unspecified atom stereocenters. The van der Waals surface area contributed by atoms with Crippen LogP contribution in [0, 0.1) is 5.92 Å². The van der Waals surface area contributed by atoms with Crippen LogP contribution in [0.1, 0.15) is 47.6 Å². The number of anilines is 1. The molecule has 0 saturated heterocycles. The Morgan fingerprint density at radius 1 is 1.04 bits per heavy atom. The van der Waals surface area contributed by atoms with Crippen molar-refractivity contribution in [3.63, 3.8) is 0 Å². The molecule has 4 heteroatoms. The molecule has 0 amide bonds. The summed E-state index contributed by atoms with van der Waals surface area (Å²) in [5, 5.41) is 3.48. The summed E-state index contributed by atoms with van der Waals surface area (Å²) in [6, 6.07) is 11.8. The molecular weight excluding hydrogens is 323 g/mol. The van der Waals surface area contributed by atoms with Crippen molar-refractivity contribution < 1.29 is 13.2 Å². The number of allylic oxidation sites excluding steroid dienone is 2. The number of rotatable bonds is 2. The van der Waals surface area contributed by atoms with Crippen LogP contribution in [0.2, 0.25) is 0 Å². The average molecular weight is 343 g/mol. The van der Waals surface area contributed by atoms with Gasteiger partial charge in [-0.3, -0.25) is 0 Å². The molecule has 0 saturated carbocycles. The van der Waals surface area contributed by atoms with E-state index in [4.69, 9.17) is 0 Å². The minimum atomic E-state index is -4.34. The highest BCUT2D eigenvalue weighted by Crippen LogP contribution is 2.52. The van der Waals surface area contributed by atoms with Crippen LogP contribution in [0.25, 0.3) is 0 Å². The van der Waals surface area contributed by atoms with Gasteiger partial charge in [0.05, 0.1) is 11.6 Å². The summed E-state index contributed by atoms with van der Waals surface area (Å²) < 4.78 is 40.6.